The van der Waals surface area contributed by atoms with Gasteiger partial charge in [0.15, 0.2) is 0 Å². The van der Waals surface area contributed by atoms with Crippen molar-refractivity contribution in [2.24, 2.45) is 0 Å². The summed E-state index contributed by atoms with van der Waals surface area (Å²) in [5, 5.41) is 8.53. The van der Waals surface area contributed by atoms with Crippen LogP contribution in [-0.4, -0.2) is 48.2 Å². The molecule has 0 saturated carbocycles. The lowest BCUT2D eigenvalue weighted by molar-refractivity contribution is -0.142. The number of likely N-dealkylation sites (tertiary alicyclic amines) is 1. The minimum Gasteiger partial charge on any atom is -0.481 e. The molecule has 1 aliphatic rings. The Balaban J connectivity index is 2.46. The quantitative estimate of drug-likeness (QED) is 0.760. The topological polar surface area (TPSA) is 66.8 Å². The minimum absolute atomic E-state index is 0.0656. The summed E-state index contributed by atoms with van der Waals surface area (Å²) in [6, 6.07) is 0.125. The van der Waals surface area contributed by atoms with Crippen LogP contribution in [0.1, 0.15) is 32.1 Å². The van der Waals surface area contributed by atoms with Crippen LogP contribution in [0.2, 0.25) is 0 Å². The monoisotopic (exact) mass is 229 g/mol. The number of carbonyl (C=O) groups is 2. The van der Waals surface area contributed by atoms with E-state index >= 15 is 0 Å². The summed E-state index contributed by atoms with van der Waals surface area (Å²) in [5.74, 6) is -0.988. The van der Waals surface area contributed by atoms with Gasteiger partial charge >= 0.3 is 5.97 Å². The van der Waals surface area contributed by atoms with Crippen molar-refractivity contribution in [3.05, 3.63) is 0 Å². The SMILES string of the molecule is COCC1CCCCN1C(=O)CCC(=O)O. The van der Waals surface area contributed by atoms with Gasteiger partial charge in [-0.25, -0.2) is 0 Å². The molecule has 0 aromatic carbocycles. The van der Waals surface area contributed by atoms with E-state index in [4.69, 9.17) is 9.84 Å². The summed E-state index contributed by atoms with van der Waals surface area (Å²) < 4.78 is 5.08. The van der Waals surface area contributed by atoms with Crippen molar-refractivity contribution in [1.29, 1.82) is 0 Å². The van der Waals surface area contributed by atoms with Crippen LogP contribution >= 0.6 is 0 Å². The third-order valence-corrected chi connectivity index (χ3v) is 2.86. The second-order valence-corrected chi connectivity index (χ2v) is 4.09. The highest BCUT2D eigenvalue weighted by molar-refractivity contribution is 5.81. The first-order valence-corrected chi connectivity index (χ1v) is 5.65. The molecule has 0 aromatic heterocycles. The molecule has 5 nitrogen and oxygen atoms in total. The van der Waals surface area contributed by atoms with Crippen LogP contribution in [0.15, 0.2) is 0 Å². The molecular formula is C11H19NO4. The van der Waals surface area contributed by atoms with Crippen LogP contribution in [0.25, 0.3) is 0 Å². The normalized spacial score (nSPS) is 20.8. The minimum atomic E-state index is -0.923. The molecule has 1 fully saturated rings. The van der Waals surface area contributed by atoms with Crippen LogP contribution in [-0.2, 0) is 14.3 Å². The zero-order chi connectivity index (χ0) is 12.0. The number of nitrogens with zero attached hydrogens (tertiary/aromatic N) is 1. The average molecular weight is 229 g/mol. The lowest BCUT2D eigenvalue weighted by Crippen LogP contribution is -2.46. The molecule has 1 heterocycles. The van der Waals surface area contributed by atoms with Gasteiger partial charge in [-0.1, -0.05) is 0 Å². The number of hydrogen-bond acceptors (Lipinski definition) is 3. The van der Waals surface area contributed by atoms with E-state index in [1.807, 2.05) is 0 Å². The first kappa shape index (κ1) is 13.0. The van der Waals surface area contributed by atoms with E-state index in [9.17, 15) is 9.59 Å². The fraction of sp³-hybridized carbons (Fsp3) is 0.818. The van der Waals surface area contributed by atoms with Gasteiger partial charge in [0.1, 0.15) is 0 Å². The number of carbonyl (C=O) groups excluding carboxylic acids is 1. The molecule has 1 amide bonds. The second kappa shape index (κ2) is 6.48. The molecule has 0 bridgehead atoms. The van der Waals surface area contributed by atoms with Crippen molar-refractivity contribution in [1.82, 2.24) is 4.90 Å². The standard InChI is InChI=1S/C11H19NO4/c1-16-8-9-4-2-3-7-12(9)10(13)5-6-11(14)15/h9H,2-8H2,1H3,(H,14,15). The van der Waals surface area contributed by atoms with E-state index in [0.29, 0.717) is 6.61 Å². The van der Waals surface area contributed by atoms with Crippen molar-refractivity contribution in [3.8, 4) is 0 Å². The predicted octanol–water partition coefficient (Wildman–Crippen LogP) is 0.879. The van der Waals surface area contributed by atoms with Crippen molar-refractivity contribution in [3.63, 3.8) is 0 Å². The van der Waals surface area contributed by atoms with Crippen LogP contribution in [0.3, 0.4) is 0 Å². The average Bonchev–Trinajstić information content (AvgIpc) is 2.27. The summed E-state index contributed by atoms with van der Waals surface area (Å²) >= 11 is 0. The van der Waals surface area contributed by atoms with E-state index in [2.05, 4.69) is 0 Å². The van der Waals surface area contributed by atoms with Crippen molar-refractivity contribution < 1.29 is 19.4 Å². The number of amides is 1. The maximum absolute atomic E-state index is 11.8. The maximum atomic E-state index is 11.8. The van der Waals surface area contributed by atoms with Crippen molar-refractivity contribution >= 4 is 11.9 Å². The van der Waals surface area contributed by atoms with Gasteiger partial charge in [-0.05, 0) is 19.3 Å². The highest BCUT2D eigenvalue weighted by Crippen LogP contribution is 2.18. The van der Waals surface area contributed by atoms with Crippen LogP contribution in [0, 0.1) is 0 Å². The Morgan fingerprint density at radius 2 is 2.12 bits per heavy atom. The molecule has 1 atom stereocenters. The molecule has 1 N–H and O–H groups in total. The Hall–Kier alpha value is -1.10. The number of methoxy groups -OCH3 is 1. The second-order valence-electron chi connectivity index (χ2n) is 4.09. The van der Waals surface area contributed by atoms with Crippen molar-refractivity contribution in [2.45, 2.75) is 38.1 Å². The van der Waals surface area contributed by atoms with Gasteiger partial charge in [0, 0.05) is 20.1 Å². The molecule has 0 radical (unpaired) electrons. The number of ether oxygens (including phenoxy) is 1. The van der Waals surface area contributed by atoms with Gasteiger partial charge in [-0.3, -0.25) is 9.59 Å². The molecule has 0 spiro atoms. The summed E-state index contributed by atoms with van der Waals surface area (Å²) in [6.45, 7) is 1.27. The Labute approximate surface area is 95.4 Å². The van der Waals surface area contributed by atoms with E-state index in [1.54, 1.807) is 12.0 Å². The van der Waals surface area contributed by atoms with E-state index in [0.717, 1.165) is 25.8 Å². The third kappa shape index (κ3) is 3.81. The van der Waals surface area contributed by atoms with Crippen LogP contribution in [0.4, 0.5) is 0 Å². The van der Waals surface area contributed by atoms with Gasteiger partial charge in [-0.15, -0.1) is 0 Å². The Kier molecular flexibility index (Phi) is 5.25. The summed E-state index contributed by atoms with van der Waals surface area (Å²) in [5.41, 5.74) is 0. The molecule has 1 unspecified atom stereocenters. The maximum Gasteiger partial charge on any atom is 0.303 e. The molecular weight excluding hydrogens is 210 g/mol. The molecule has 1 saturated heterocycles. The fourth-order valence-corrected chi connectivity index (χ4v) is 2.05. The number of carboxylic acid groups (broad SMARTS) is 1. The van der Waals surface area contributed by atoms with E-state index in [1.165, 1.54) is 0 Å². The number of rotatable bonds is 5. The third-order valence-electron chi connectivity index (χ3n) is 2.86. The fourth-order valence-electron chi connectivity index (χ4n) is 2.05. The van der Waals surface area contributed by atoms with Crippen LogP contribution < -0.4 is 0 Å². The Bertz CT molecular complexity index is 252. The molecule has 0 aliphatic carbocycles. The van der Waals surface area contributed by atoms with Gasteiger partial charge in [0.25, 0.3) is 0 Å². The molecule has 5 heteroatoms. The molecule has 92 valence electrons. The molecule has 16 heavy (non-hydrogen) atoms. The lowest BCUT2D eigenvalue weighted by atomic mass is 10.0. The van der Waals surface area contributed by atoms with Crippen molar-refractivity contribution in [2.75, 3.05) is 20.3 Å². The van der Waals surface area contributed by atoms with Gasteiger partial charge in [0.05, 0.1) is 19.1 Å². The first-order valence-electron chi connectivity index (χ1n) is 5.65. The molecule has 1 aliphatic heterocycles. The van der Waals surface area contributed by atoms with Gasteiger partial charge in [0.2, 0.25) is 5.91 Å². The Morgan fingerprint density at radius 1 is 1.38 bits per heavy atom. The molecule has 1 rings (SSSR count). The molecule has 0 aromatic rings. The largest absolute Gasteiger partial charge is 0.481 e. The smallest absolute Gasteiger partial charge is 0.303 e. The zero-order valence-corrected chi connectivity index (χ0v) is 9.65. The highest BCUT2D eigenvalue weighted by Gasteiger charge is 2.26. The predicted molar refractivity (Wildman–Crippen MR) is 58.1 cm³/mol. The number of aliphatic carboxylic acids is 1. The Morgan fingerprint density at radius 3 is 2.75 bits per heavy atom. The van der Waals surface area contributed by atoms with E-state index in [-0.39, 0.29) is 24.8 Å². The first-order chi connectivity index (χ1) is 7.65. The van der Waals surface area contributed by atoms with Gasteiger partial charge in [-0.2, -0.15) is 0 Å². The highest BCUT2D eigenvalue weighted by atomic mass is 16.5. The van der Waals surface area contributed by atoms with Gasteiger partial charge < -0.3 is 14.7 Å². The lowest BCUT2D eigenvalue weighted by Gasteiger charge is -2.35. The van der Waals surface area contributed by atoms with Crippen LogP contribution in [0.5, 0.6) is 0 Å². The zero-order valence-electron chi connectivity index (χ0n) is 9.65. The number of carboxylic acids is 1. The summed E-state index contributed by atoms with van der Waals surface area (Å²) in [7, 11) is 1.62. The number of piperidine rings is 1. The summed E-state index contributed by atoms with van der Waals surface area (Å²) in [6.07, 6.45) is 3.06. The summed E-state index contributed by atoms with van der Waals surface area (Å²) in [4.78, 5) is 24.0. The number of hydrogen-bond donors (Lipinski definition) is 1. The van der Waals surface area contributed by atoms with E-state index < -0.39 is 5.97 Å².